The molecule has 5 aromatic rings. The Morgan fingerprint density at radius 1 is 0.947 bits per heavy atom. The van der Waals surface area contributed by atoms with Crippen LogP contribution in [0.3, 0.4) is 0 Å². The van der Waals surface area contributed by atoms with Crippen LogP contribution < -0.4 is 14.4 Å². The zero-order valence-corrected chi connectivity index (χ0v) is 22.3. The van der Waals surface area contributed by atoms with Gasteiger partial charge < -0.3 is 10.1 Å². The van der Waals surface area contributed by atoms with Gasteiger partial charge in [-0.05, 0) is 84.2 Å². The van der Waals surface area contributed by atoms with Crippen molar-refractivity contribution in [2.45, 2.75) is 4.90 Å². The summed E-state index contributed by atoms with van der Waals surface area (Å²) in [6.07, 6.45) is 0. The molecule has 4 aromatic carbocycles. The normalized spacial score (nSPS) is 11.3. The number of hydrogen-bond acceptors (Lipinski definition) is 5. The summed E-state index contributed by atoms with van der Waals surface area (Å²) in [4.78, 5) is 13.6. The maximum atomic E-state index is 13.3. The largest absolute Gasteiger partial charge is 0.455 e. The van der Waals surface area contributed by atoms with Crippen LogP contribution in [0.5, 0.6) is 11.5 Å². The van der Waals surface area contributed by atoms with Crippen LogP contribution in [0.1, 0.15) is 9.67 Å². The fraction of sp³-hybridized carbons (Fsp3) is 0.0357. The highest BCUT2D eigenvalue weighted by atomic mass is 35.5. The molecule has 0 atom stereocenters. The quantitative estimate of drug-likeness (QED) is 0.220. The molecule has 1 N–H and O–H groups in total. The van der Waals surface area contributed by atoms with E-state index in [0.29, 0.717) is 38.2 Å². The molecule has 1 amide bonds. The molecule has 6 nitrogen and oxygen atoms in total. The first kappa shape index (κ1) is 25.7. The summed E-state index contributed by atoms with van der Waals surface area (Å²) in [5.74, 6) is 0.165. The lowest BCUT2D eigenvalue weighted by atomic mass is 10.2. The number of sulfonamides is 1. The summed E-state index contributed by atoms with van der Waals surface area (Å²) in [6.45, 7) is 0. The fourth-order valence-corrected chi connectivity index (χ4v) is 6.03. The summed E-state index contributed by atoms with van der Waals surface area (Å²) in [6, 6.07) is 25.6. The van der Waals surface area contributed by atoms with Crippen LogP contribution in [0.2, 0.25) is 5.02 Å². The lowest BCUT2D eigenvalue weighted by Gasteiger charge is -2.19. The smallest absolute Gasteiger partial charge is 0.265 e. The molecule has 192 valence electrons. The van der Waals surface area contributed by atoms with E-state index in [1.54, 1.807) is 54.6 Å². The van der Waals surface area contributed by atoms with Crippen molar-refractivity contribution in [2.75, 3.05) is 16.7 Å². The molecule has 0 aliphatic rings. The minimum atomic E-state index is -3.90. The van der Waals surface area contributed by atoms with Gasteiger partial charge in [-0.25, -0.2) is 12.8 Å². The Balaban J connectivity index is 1.39. The van der Waals surface area contributed by atoms with Crippen molar-refractivity contribution in [2.24, 2.45) is 0 Å². The van der Waals surface area contributed by atoms with Crippen molar-refractivity contribution in [3.63, 3.8) is 0 Å². The predicted molar refractivity (Wildman–Crippen MR) is 150 cm³/mol. The topological polar surface area (TPSA) is 75.7 Å². The Bertz CT molecular complexity index is 1740. The molecule has 38 heavy (non-hydrogen) atoms. The second-order valence-electron chi connectivity index (χ2n) is 8.27. The number of nitrogens with zero attached hydrogens (tertiary/aromatic N) is 1. The zero-order valence-electron chi connectivity index (χ0n) is 19.9. The molecule has 0 saturated heterocycles. The highest BCUT2D eigenvalue weighted by molar-refractivity contribution is 7.92. The third kappa shape index (κ3) is 5.35. The van der Waals surface area contributed by atoms with Crippen LogP contribution in [0.25, 0.3) is 10.1 Å². The number of nitrogens with one attached hydrogen (secondary N) is 1. The molecule has 0 bridgehead atoms. The third-order valence-corrected chi connectivity index (χ3v) is 8.87. The molecule has 0 aliphatic heterocycles. The Kier molecular flexibility index (Phi) is 7.07. The van der Waals surface area contributed by atoms with Gasteiger partial charge in [-0.15, -0.1) is 11.3 Å². The molecule has 1 heterocycles. The van der Waals surface area contributed by atoms with Gasteiger partial charge in [0.05, 0.1) is 21.1 Å². The monoisotopic (exact) mass is 566 g/mol. The number of rotatable bonds is 7. The van der Waals surface area contributed by atoms with Gasteiger partial charge in [0.25, 0.3) is 15.9 Å². The maximum absolute atomic E-state index is 13.3. The van der Waals surface area contributed by atoms with Crippen molar-refractivity contribution in [3.8, 4) is 11.5 Å². The average molecular weight is 567 g/mol. The number of carbonyl (C=O) groups excluding carboxylic acids is 1. The van der Waals surface area contributed by atoms with E-state index in [1.165, 1.54) is 30.5 Å². The van der Waals surface area contributed by atoms with E-state index in [0.717, 1.165) is 21.1 Å². The fourth-order valence-electron chi connectivity index (χ4n) is 3.73. The molecule has 0 spiro atoms. The van der Waals surface area contributed by atoms with Crippen LogP contribution in [0, 0.1) is 5.82 Å². The summed E-state index contributed by atoms with van der Waals surface area (Å²) in [7, 11) is -2.47. The number of carbonyl (C=O) groups is 1. The number of thiophene rings is 1. The average Bonchev–Trinajstić information content (AvgIpc) is 3.34. The molecule has 0 fully saturated rings. The van der Waals surface area contributed by atoms with Gasteiger partial charge in [-0.1, -0.05) is 29.8 Å². The maximum Gasteiger partial charge on any atom is 0.265 e. The highest BCUT2D eigenvalue weighted by Crippen LogP contribution is 2.35. The SMILES string of the molecule is CN(c1ccc2sc(C(=O)Nc3cc(Cl)ccc3Oc3ccccc3)cc2c1)S(=O)(=O)c1ccc(F)cc1. The molecule has 0 radical (unpaired) electrons. The predicted octanol–water partition coefficient (Wildman–Crippen LogP) is 7.56. The number of benzene rings is 4. The van der Waals surface area contributed by atoms with Gasteiger partial charge in [0, 0.05) is 16.8 Å². The first-order chi connectivity index (χ1) is 18.2. The first-order valence-corrected chi connectivity index (χ1v) is 14.0. The summed E-state index contributed by atoms with van der Waals surface area (Å²) < 4.78 is 47.1. The molecule has 5 rings (SSSR count). The number of hydrogen-bond donors (Lipinski definition) is 1. The van der Waals surface area contributed by atoms with Gasteiger partial charge >= 0.3 is 0 Å². The number of fused-ring (bicyclic) bond motifs is 1. The summed E-state index contributed by atoms with van der Waals surface area (Å²) in [5.41, 5.74) is 0.814. The van der Waals surface area contributed by atoms with Crippen LogP contribution >= 0.6 is 22.9 Å². The van der Waals surface area contributed by atoms with Crippen LogP contribution in [0.4, 0.5) is 15.8 Å². The molecular weight excluding hydrogens is 547 g/mol. The lowest BCUT2D eigenvalue weighted by Crippen LogP contribution is -2.26. The Morgan fingerprint density at radius 3 is 2.42 bits per heavy atom. The standard InChI is InChI=1S/C28H20ClFN2O4S2/c1-32(38(34,35)23-11-8-20(30)9-12-23)21-10-14-26-18(15-21)16-27(37-26)28(33)31-24-17-19(29)7-13-25(24)36-22-5-3-2-4-6-22/h2-17H,1H3,(H,31,33). The minimum Gasteiger partial charge on any atom is -0.455 e. The molecular formula is C28H20ClFN2O4S2. The second-order valence-corrected chi connectivity index (χ2v) is 11.8. The molecule has 0 unspecified atom stereocenters. The number of amides is 1. The van der Waals surface area contributed by atoms with E-state index >= 15 is 0 Å². The van der Waals surface area contributed by atoms with E-state index in [2.05, 4.69) is 5.32 Å². The van der Waals surface area contributed by atoms with Crippen LogP contribution in [-0.4, -0.2) is 21.4 Å². The molecule has 0 saturated carbocycles. The Morgan fingerprint density at radius 2 is 1.68 bits per heavy atom. The molecule has 0 aliphatic carbocycles. The number of para-hydroxylation sites is 1. The van der Waals surface area contributed by atoms with E-state index in [9.17, 15) is 17.6 Å². The number of ether oxygens (including phenoxy) is 1. The second kappa shape index (κ2) is 10.4. The highest BCUT2D eigenvalue weighted by Gasteiger charge is 2.22. The van der Waals surface area contributed by atoms with Gasteiger partial charge in [0.1, 0.15) is 11.6 Å². The van der Waals surface area contributed by atoms with E-state index in [1.807, 2.05) is 18.2 Å². The molecule has 10 heteroatoms. The van der Waals surface area contributed by atoms with Crippen LogP contribution in [0.15, 0.2) is 102 Å². The van der Waals surface area contributed by atoms with Crippen molar-refractivity contribution < 1.29 is 22.3 Å². The van der Waals surface area contributed by atoms with Gasteiger partial charge in [0.2, 0.25) is 0 Å². The van der Waals surface area contributed by atoms with Gasteiger partial charge in [-0.2, -0.15) is 0 Å². The summed E-state index contributed by atoms with van der Waals surface area (Å²) in [5, 5.41) is 4.00. The Hall–Kier alpha value is -3.92. The summed E-state index contributed by atoms with van der Waals surface area (Å²) >= 11 is 7.44. The van der Waals surface area contributed by atoms with Gasteiger partial charge in [0.15, 0.2) is 5.75 Å². The van der Waals surface area contributed by atoms with Crippen molar-refractivity contribution in [1.29, 1.82) is 0 Å². The van der Waals surface area contributed by atoms with E-state index < -0.39 is 15.8 Å². The number of halogens is 2. The molecule has 1 aromatic heterocycles. The van der Waals surface area contributed by atoms with Crippen molar-refractivity contribution in [1.82, 2.24) is 0 Å². The third-order valence-electron chi connectivity index (χ3n) is 5.72. The van der Waals surface area contributed by atoms with E-state index in [4.69, 9.17) is 16.3 Å². The lowest BCUT2D eigenvalue weighted by molar-refractivity contribution is 0.103. The van der Waals surface area contributed by atoms with E-state index in [-0.39, 0.29) is 10.8 Å². The first-order valence-electron chi connectivity index (χ1n) is 11.3. The van der Waals surface area contributed by atoms with Crippen molar-refractivity contribution >= 4 is 60.3 Å². The zero-order chi connectivity index (χ0) is 26.9. The van der Waals surface area contributed by atoms with Crippen molar-refractivity contribution in [3.05, 3.63) is 113 Å². The van der Waals surface area contributed by atoms with Gasteiger partial charge in [-0.3, -0.25) is 9.10 Å². The number of anilines is 2. The van der Waals surface area contributed by atoms with Crippen LogP contribution in [-0.2, 0) is 10.0 Å². The minimum absolute atomic E-state index is 0.0260. The Labute approximate surface area is 227 Å².